The molecule has 1 aliphatic carbocycles. The van der Waals surface area contributed by atoms with Crippen LogP contribution in [-0.2, 0) is 6.54 Å². The molecule has 0 spiro atoms. The fraction of sp³-hybridized carbons (Fsp3) is 0.769. The van der Waals surface area contributed by atoms with Crippen molar-refractivity contribution in [2.24, 2.45) is 0 Å². The van der Waals surface area contributed by atoms with E-state index in [0.29, 0.717) is 6.04 Å². The SMILES string of the molecule is CCCn1cc(C2CCCC(NC)C2)cn1. The molecule has 1 heterocycles. The van der Waals surface area contributed by atoms with Crippen LogP contribution in [0.4, 0.5) is 0 Å². The zero-order valence-corrected chi connectivity index (χ0v) is 10.4. The molecule has 1 aliphatic rings. The predicted octanol–water partition coefficient (Wildman–Crippen LogP) is 2.54. The van der Waals surface area contributed by atoms with Gasteiger partial charge < -0.3 is 5.32 Å². The Morgan fingerprint density at radius 3 is 3.12 bits per heavy atom. The van der Waals surface area contributed by atoms with Crippen molar-refractivity contribution in [3.63, 3.8) is 0 Å². The van der Waals surface area contributed by atoms with Gasteiger partial charge in [0.1, 0.15) is 0 Å². The lowest BCUT2D eigenvalue weighted by molar-refractivity contribution is 0.355. The van der Waals surface area contributed by atoms with E-state index in [1.165, 1.54) is 31.2 Å². The minimum atomic E-state index is 0.702. The Hall–Kier alpha value is -0.830. The molecular weight excluding hydrogens is 198 g/mol. The topological polar surface area (TPSA) is 29.9 Å². The molecule has 1 N–H and O–H groups in total. The van der Waals surface area contributed by atoms with Crippen molar-refractivity contribution in [1.29, 1.82) is 0 Å². The van der Waals surface area contributed by atoms with E-state index < -0.39 is 0 Å². The molecule has 2 rings (SSSR count). The minimum Gasteiger partial charge on any atom is -0.317 e. The molecule has 2 unspecified atom stereocenters. The normalized spacial score (nSPS) is 25.9. The van der Waals surface area contributed by atoms with Gasteiger partial charge in [-0.1, -0.05) is 13.3 Å². The number of hydrogen-bond acceptors (Lipinski definition) is 2. The van der Waals surface area contributed by atoms with E-state index >= 15 is 0 Å². The number of aromatic nitrogens is 2. The van der Waals surface area contributed by atoms with Crippen LogP contribution in [0, 0.1) is 0 Å². The molecule has 3 heteroatoms. The van der Waals surface area contributed by atoms with Crippen LogP contribution in [0.2, 0.25) is 0 Å². The van der Waals surface area contributed by atoms with Crippen molar-refractivity contribution in [1.82, 2.24) is 15.1 Å². The molecule has 1 fully saturated rings. The van der Waals surface area contributed by atoms with Gasteiger partial charge in [-0.2, -0.15) is 5.10 Å². The first-order valence-corrected chi connectivity index (χ1v) is 6.53. The maximum Gasteiger partial charge on any atom is 0.0524 e. The van der Waals surface area contributed by atoms with Crippen LogP contribution in [0.3, 0.4) is 0 Å². The van der Waals surface area contributed by atoms with Gasteiger partial charge in [-0.3, -0.25) is 4.68 Å². The Morgan fingerprint density at radius 2 is 2.38 bits per heavy atom. The highest BCUT2D eigenvalue weighted by Gasteiger charge is 2.22. The number of nitrogens with zero attached hydrogens (tertiary/aromatic N) is 2. The van der Waals surface area contributed by atoms with Crippen LogP contribution >= 0.6 is 0 Å². The summed E-state index contributed by atoms with van der Waals surface area (Å²) in [5.74, 6) is 0.719. The van der Waals surface area contributed by atoms with Crippen LogP contribution in [-0.4, -0.2) is 22.9 Å². The van der Waals surface area contributed by atoms with E-state index in [2.05, 4.69) is 41.5 Å². The molecular formula is C13H23N3. The summed E-state index contributed by atoms with van der Waals surface area (Å²) in [7, 11) is 2.08. The maximum atomic E-state index is 4.43. The first kappa shape index (κ1) is 11.6. The molecule has 1 aromatic heterocycles. The van der Waals surface area contributed by atoms with E-state index in [0.717, 1.165) is 18.9 Å². The Bertz CT molecular complexity index is 319. The van der Waals surface area contributed by atoms with E-state index in [-0.39, 0.29) is 0 Å². The molecule has 2 atom stereocenters. The van der Waals surface area contributed by atoms with Crippen LogP contribution in [0.25, 0.3) is 0 Å². The molecule has 3 nitrogen and oxygen atoms in total. The van der Waals surface area contributed by atoms with Crippen LogP contribution in [0.5, 0.6) is 0 Å². The van der Waals surface area contributed by atoms with Gasteiger partial charge in [0.2, 0.25) is 0 Å². The Morgan fingerprint density at radius 1 is 1.50 bits per heavy atom. The summed E-state index contributed by atoms with van der Waals surface area (Å²) < 4.78 is 2.08. The lowest BCUT2D eigenvalue weighted by Gasteiger charge is -2.28. The van der Waals surface area contributed by atoms with E-state index in [4.69, 9.17) is 0 Å². The molecule has 90 valence electrons. The van der Waals surface area contributed by atoms with Gasteiger partial charge in [0.05, 0.1) is 6.20 Å². The van der Waals surface area contributed by atoms with Crippen molar-refractivity contribution in [3.05, 3.63) is 18.0 Å². The second kappa shape index (κ2) is 5.48. The average molecular weight is 221 g/mol. The summed E-state index contributed by atoms with van der Waals surface area (Å²) >= 11 is 0. The smallest absolute Gasteiger partial charge is 0.0524 e. The third-order valence-corrected chi connectivity index (χ3v) is 3.66. The highest BCUT2D eigenvalue weighted by Crippen LogP contribution is 2.32. The standard InChI is InChI=1S/C13H23N3/c1-3-7-16-10-12(9-15-16)11-5-4-6-13(8-11)14-2/h9-11,13-14H,3-8H2,1-2H3. The molecule has 16 heavy (non-hydrogen) atoms. The minimum absolute atomic E-state index is 0.702. The summed E-state index contributed by atoms with van der Waals surface area (Å²) in [4.78, 5) is 0. The third kappa shape index (κ3) is 2.64. The monoisotopic (exact) mass is 221 g/mol. The largest absolute Gasteiger partial charge is 0.317 e. The molecule has 0 bridgehead atoms. The van der Waals surface area contributed by atoms with Gasteiger partial charge in [0, 0.05) is 18.8 Å². The summed E-state index contributed by atoms with van der Waals surface area (Å²) in [6.07, 6.45) is 10.7. The maximum absolute atomic E-state index is 4.43. The lowest BCUT2D eigenvalue weighted by Crippen LogP contribution is -2.30. The second-order valence-electron chi connectivity index (χ2n) is 4.89. The third-order valence-electron chi connectivity index (χ3n) is 3.66. The summed E-state index contributed by atoms with van der Waals surface area (Å²) in [5, 5.41) is 7.84. The fourth-order valence-electron chi connectivity index (χ4n) is 2.70. The number of rotatable bonds is 4. The number of hydrogen-bond donors (Lipinski definition) is 1. The van der Waals surface area contributed by atoms with Crippen LogP contribution in [0.15, 0.2) is 12.4 Å². The van der Waals surface area contributed by atoms with Crippen LogP contribution in [0.1, 0.15) is 50.5 Å². The van der Waals surface area contributed by atoms with Gasteiger partial charge >= 0.3 is 0 Å². The van der Waals surface area contributed by atoms with Gasteiger partial charge in [0.15, 0.2) is 0 Å². The fourth-order valence-corrected chi connectivity index (χ4v) is 2.70. The van der Waals surface area contributed by atoms with Gasteiger partial charge in [-0.05, 0) is 44.2 Å². The zero-order chi connectivity index (χ0) is 11.4. The van der Waals surface area contributed by atoms with Crippen molar-refractivity contribution in [3.8, 4) is 0 Å². The van der Waals surface area contributed by atoms with E-state index in [1.54, 1.807) is 0 Å². The molecule has 0 amide bonds. The molecule has 0 aliphatic heterocycles. The summed E-state index contributed by atoms with van der Waals surface area (Å²) in [6, 6.07) is 0.702. The number of aryl methyl sites for hydroxylation is 1. The second-order valence-corrected chi connectivity index (χ2v) is 4.89. The molecule has 1 saturated carbocycles. The lowest BCUT2D eigenvalue weighted by atomic mass is 9.82. The Balaban J connectivity index is 1.99. The zero-order valence-electron chi connectivity index (χ0n) is 10.4. The van der Waals surface area contributed by atoms with Crippen molar-refractivity contribution < 1.29 is 0 Å². The summed E-state index contributed by atoms with van der Waals surface area (Å²) in [6.45, 7) is 3.24. The van der Waals surface area contributed by atoms with Gasteiger partial charge in [-0.15, -0.1) is 0 Å². The quantitative estimate of drug-likeness (QED) is 0.846. The van der Waals surface area contributed by atoms with E-state index in [1.807, 2.05) is 0 Å². The first-order chi connectivity index (χ1) is 7.83. The van der Waals surface area contributed by atoms with Gasteiger partial charge in [0.25, 0.3) is 0 Å². The number of nitrogens with one attached hydrogen (secondary N) is 1. The predicted molar refractivity (Wildman–Crippen MR) is 66.6 cm³/mol. The highest BCUT2D eigenvalue weighted by atomic mass is 15.3. The molecule has 0 radical (unpaired) electrons. The molecule has 1 aromatic rings. The van der Waals surface area contributed by atoms with Crippen molar-refractivity contribution in [2.75, 3.05) is 7.05 Å². The first-order valence-electron chi connectivity index (χ1n) is 6.53. The Kier molecular flexibility index (Phi) is 3.99. The van der Waals surface area contributed by atoms with E-state index in [9.17, 15) is 0 Å². The van der Waals surface area contributed by atoms with Crippen molar-refractivity contribution in [2.45, 2.75) is 57.5 Å². The molecule has 0 saturated heterocycles. The van der Waals surface area contributed by atoms with Crippen molar-refractivity contribution >= 4 is 0 Å². The molecule has 0 aromatic carbocycles. The van der Waals surface area contributed by atoms with Crippen LogP contribution < -0.4 is 5.32 Å². The Labute approximate surface area is 98.2 Å². The highest BCUT2D eigenvalue weighted by molar-refractivity contribution is 5.12. The van der Waals surface area contributed by atoms with Gasteiger partial charge in [-0.25, -0.2) is 0 Å². The average Bonchev–Trinajstić information content (AvgIpc) is 2.78. The summed E-state index contributed by atoms with van der Waals surface area (Å²) in [5.41, 5.74) is 1.44.